The lowest BCUT2D eigenvalue weighted by molar-refractivity contribution is -0.130. The maximum absolute atomic E-state index is 13.7. The van der Waals surface area contributed by atoms with Gasteiger partial charge in [-0.15, -0.1) is 0 Å². The number of hydrogen-bond donors (Lipinski definition) is 2. The van der Waals surface area contributed by atoms with Crippen LogP contribution in [0, 0.1) is 25.7 Å². The summed E-state index contributed by atoms with van der Waals surface area (Å²) in [5.41, 5.74) is -0.0435. The summed E-state index contributed by atoms with van der Waals surface area (Å²) in [6, 6.07) is 17.8. The van der Waals surface area contributed by atoms with E-state index in [2.05, 4.69) is 22.3 Å². The monoisotopic (exact) mass is 524 g/mol. The molecule has 1 atom stereocenters. The molecule has 0 saturated heterocycles. The van der Waals surface area contributed by atoms with Crippen molar-refractivity contribution in [2.75, 3.05) is 12.1 Å². The number of fused-ring (bicyclic) bond motifs is 2. The third-order valence-corrected chi connectivity index (χ3v) is 6.78. The summed E-state index contributed by atoms with van der Waals surface area (Å²) in [6.07, 6.45) is -0.0395. The van der Waals surface area contributed by atoms with Gasteiger partial charge in [0, 0.05) is 28.6 Å². The van der Waals surface area contributed by atoms with Gasteiger partial charge >= 0.3 is 5.63 Å². The Kier molecular flexibility index (Phi) is 6.62. The Morgan fingerprint density at radius 2 is 1.85 bits per heavy atom. The number of nitrogens with zero attached hydrogens (tertiary/aromatic N) is 1. The van der Waals surface area contributed by atoms with E-state index < -0.39 is 22.5 Å². The molecule has 2 heterocycles. The second-order valence-corrected chi connectivity index (χ2v) is 10.3. The van der Waals surface area contributed by atoms with Crippen LogP contribution < -0.4 is 20.4 Å². The van der Waals surface area contributed by atoms with Crippen molar-refractivity contribution in [3.63, 3.8) is 0 Å². The molecular weight excluding hydrogens is 496 g/mol. The van der Waals surface area contributed by atoms with Crippen molar-refractivity contribution in [1.29, 1.82) is 0 Å². The zero-order valence-corrected chi connectivity index (χ0v) is 22.1. The van der Waals surface area contributed by atoms with Crippen molar-refractivity contribution in [1.82, 2.24) is 5.16 Å². The highest BCUT2D eigenvalue weighted by molar-refractivity contribution is 6.01. The number of hydrogen-bond acceptors (Lipinski definition) is 7. The van der Waals surface area contributed by atoms with Gasteiger partial charge in [0.05, 0.1) is 11.1 Å². The first-order valence-electron chi connectivity index (χ1n) is 12.5. The molecule has 0 bridgehead atoms. The number of carbonyl (C=O) groups excluding carboxylic acids is 1. The molecule has 1 aliphatic heterocycles. The lowest BCUT2D eigenvalue weighted by atomic mass is 9.74. The summed E-state index contributed by atoms with van der Waals surface area (Å²) >= 11 is 0. The van der Waals surface area contributed by atoms with Crippen LogP contribution in [0.3, 0.4) is 0 Å². The van der Waals surface area contributed by atoms with Gasteiger partial charge in [0.15, 0.2) is 11.5 Å². The summed E-state index contributed by atoms with van der Waals surface area (Å²) in [7, 11) is 0. The van der Waals surface area contributed by atoms with Crippen LogP contribution in [-0.2, 0) is 10.2 Å². The topological polar surface area (TPSA) is 111 Å². The second kappa shape index (κ2) is 9.93. The number of carbonyl (C=O) groups is 1. The number of benzene rings is 3. The largest absolute Gasteiger partial charge is 0.454 e. The van der Waals surface area contributed by atoms with Crippen LogP contribution in [-0.4, -0.2) is 28.6 Å². The molecule has 0 saturated carbocycles. The van der Waals surface area contributed by atoms with E-state index in [1.54, 1.807) is 25.1 Å². The Bertz CT molecular complexity index is 1710. The summed E-state index contributed by atoms with van der Waals surface area (Å²) in [6.45, 7) is 7.59. The smallest absolute Gasteiger partial charge is 0.366 e. The van der Waals surface area contributed by atoms with E-state index in [1.165, 1.54) is 0 Å². The Morgan fingerprint density at radius 1 is 1.05 bits per heavy atom. The normalized spacial score (nSPS) is 13.9. The molecule has 0 fully saturated rings. The molecule has 39 heavy (non-hydrogen) atoms. The van der Waals surface area contributed by atoms with E-state index in [-0.39, 0.29) is 13.2 Å². The van der Waals surface area contributed by atoms with Crippen molar-refractivity contribution in [3.05, 3.63) is 93.5 Å². The summed E-state index contributed by atoms with van der Waals surface area (Å²) in [5, 5.41) is 19.3. The summed E-state index contributed by atoms with van der Waals surface area (Å²) in [5.74, 6) is 6.35. The third-order valence-electron chi connectivity index (χ3n) is 6.78. The number of aromatic nitrogens is 1. The predicted molar refractivity (Wildman–Crippen MR) is 147 cm³/mol. The number of amides is 1. The molecule has 0 aliphatic carbocycles. The van der Waals surface area contributed by atoms with Gasteiger partial charge in [-0.2, -0.15) is 0 Å². The molecule has 8 nitrogen and oxygen atoms in total. The minimum Gasteiger partial charge on any atom is -0.454 e. The fraction of sp³-hybridized carbons (Fsp3) is 0.258. The Labute approximate surface area is 225 Å². The highest BCUT2D eigenvalue weighted by Crippen LogP contribution is 2.44. The first-order valence-corrected chi connectivity index (χ1v) is 12.5. The molecular formula is C31H28N2O6. The average molecular weight is 525 g/mol. The molecule has 2 N–H and O–H groups in total. The SMILES string of the molecule is Cc1cccc(C#CC(O)(CC(C)(C)c2cccc3c2OCO3)C(=O)Nc2ccc3c(=O)onc(C)c3c2)c1. The Morgan fingerprint density at radius 3 is 2.64 bits per heavy atom. The number of para-hydroxylation sites is 1. The van der Waals surface area contributed by atoms with E-state index in [1.807, 2.05) is 63.2 Å². The highest BCUT2D eigenvalue weighted by atomic mass is 16.7. The fourth-order valence-electron chi connectivity index (χ4n) is 4.82. The first kappa shape index (κ1) is 26.0. The van der Waals surface area contributed by atoms with E-state index >= 15 is 0 Å². The van der Waals surface area contributed by atoms with Gasteiger partial charge in [0.1, 0.15) is 0 Å². The number of aliphatic hydroxyl groups is 1. The zero-order chi connectivity index (χ0) is 27.8. The van der Waals surface area contributed by atoms with Crippen molar-refractivity contribution in [2.24, 2.45) is 0 Å². The second-order valence-electron chi connectivity index (χ2n) is 10.3. The van der Waals surface area contributed by atoms with Crippen LogP contribution in [0.5, 0.6) is 11.5 Å². The number of rotatable bonds is 5. The van der Waals surface area contributed by atoms with Crippen LogP contribution in [0.15, 0.2) is 70.0 Å². The van der Waals surface area contributed by atoms with E-state index in [0.717, 1.165) is 11.1 Å². The number of anilines is 1. The van der Waals surface area contributed by atoms with E-state index in [0.29, 0.717) is 39.2 Å². The third kappa shape index (κ3) is 5.22. The van der Waals surface area contributed by atoms with Crippen LogP contribution in [0.25, 0.3) is 10.8 Å². The highest BCUT2D eigenvalue weighted by Gasteiger charge is 2.42. The van der Waals surface area contributed by atoms with Gasteiger partial charge in [0.25, 0.3) is 5.91 Å². The summed E-state index contributed by atoms with van der Waals surface area (Å²) < 4.78 is 16.0. The van der Waals surface area contributed by atoms with Gasteiger partial charge < -0.3 is 24.4 Å². The maximum atomic E-state index is 13.7. The number of ether oxygens (including phenoxy) is 2. The predicted octanol–water partition coefficient (Wildman–Crippen LogP) is 4.62. The Balaban J connectivity index is 1.53. The van der Waals surface area contributed by atoms with Crippen molar-refractivity contribution in [2.45, 2.75) is 45.1 Å². The quantitative estimate of drug-likeness (QED) is 0.367. The van der Waals surface area contributed by atoms with Gasteiger partial charge in [-0.3, -0.25) is 4.79 Å². The van der Waals surface area contributed by atoms with E-state index in [9.17, 15) is 14.7 Å². The van der Waals surface area contributed by atoms with Gasteiger partial charge in [-0.05, 0) is 61.2 Å². The molecule has 1 amide bonds. The molecule has 198 valence electrons. The van der Waals surface area contributed by atoms with Crippen LogP contribution in [0.4, 0.5) is 5.69 Å². The molecule has 1 unspecified atom stereocenters. The van der Waals surface area contributed by atoms with Gasteiger partial charge in [-0.1, -0.05) is 55.1 Å². The van der Waals surface area contributed by atoms with Crippen LogP contribution in [0.1, 0.15) is 42.7 Å². The minimum absolute atomic E-state index is 0.0395. The molecule has 0 spiro atoms. The number of nitrogens with one attached hydrogen (secondary N) is 1. The summed E-state index contributed by atoms with van der Waals surface area (Å²) in [4.78, 5) is 25.8. The van der Waals surface area contributed by atoms with Gasteiger partial charge in [-0.25, -0.2) is 4.79 Å². The lowest BCUT2D eigenvalue weighted by Gasteiger charge is -2.33. The molecule has 5 rings (SSSR count). The maximum Gasteiger partial charge on any atom is 0.366 e. The first-order chi connectivity index (χ1) is 18.6. The molecule has 8 heteroatoms. The molecule has 3 aromatic carbocycles. The minimum atomic E-state index is -2.09. The van der Waals surface area contributed by atoms with Gasteiger partial charge in [0.2, 0.25) is 12.4 Å². The Hall–Kier alpha value is -4.61. The van der Waals surface area contributed by atoms with Crippen LogP contribution >= 0.6 is 0 Å². The standard InChI is InChI=1S/C31H28N2O6/c1-19-7-5-8-21(15-19)13-14-31(36,17-30(3,4)25-9-6-10-26-27(25)38-18-37-26)29(35)32-22-11-12-23-24(16-22)20(2)33-39-28(23)34/h5-12,15-16,36H,17-18H2,1-4H3,(H,32,35). The van der Waals surface area contributed by atoms with Crippen LogP contribution in [0.2, 0.25) is 0 Å². The van der Waals surface area contributed by atoms with E-state index in [4.69, 9.17) is 14.0 Å². The molecule has 0 radical (unpaired) electrons. The lowest BCUT2D eigenvalue weighted by Crippen LogP contribution is -2.46. The zero-order valence-electron chi connectivity index (χ0n) is 22.1. The van der Waals surface area contributed by atoms with Crippen molar-refractivity contribution in [3.8, 4) is 23.3 Å². The fourth-order valence-corrected chi connectivity index (χ4v) is 4.82. The molecule has 1 aliphatic rings. The van der Waals surface area contributed by atoms with Crippen molar-refractivity contribution >= 4 is 22.4 Å². The number of aryl methyl sites for hydroxylation is 2. The van der Waals surface area contributed by atoms with Crippen molar-refractivity contribution < 1.29 is 23.9 Å². The molecule has 4 aromatic rings. The average Bonchev–Trinajstić information content (AvgIpc) is 3.39. The molecule has 1 aromatic heterocycles.